The van der Waals surface area contributed by atoms with Crippen molar-refractivity contribution in [1.29, 1.82) is 0 Å². The van der Waals surface area contributed by atoms with Gasteiger partial charge in [0.05, 0.1) is 6.04 Å². The van der Waals surface area contributed by atoms with Gasteiger partial charge >= 0.3 is 17.1 Å². The van der Waals surface area contributed by atoms with E-state index in [2.05, 4.69) is 96.4 Å². The van der Waals surface area contributed by atoms with Crippen molar-refractivity contribution in [3.63, 3.8) is 0 Å². The van der Waals surface area contributed by atoms with E-state index < -0.39 is 0 Å². The second-order valence-corrected chi connectivity index (χ2v) is 11.5. The van der Waals surface area contributed by atoms with E-state index in [0.717, 1.165) is 37.1 Å². The van der Waals surface area contributed by atoms with E-state index in [-0.39, 0.29) is 23.1 Å². The summed E-state index contributed by atoms with van der Waals surface area (Å²) in [5.41, 5.74) is 5.11. The van der Waals surface area contributed by atoms with Crippen molar-refractivity contribution in [3.8, 4) is 5.75 Å². The fraction of sp³-hybridized carbons (Fsp3) is 0.316. The molecule has 1 N–H and O–H groups in total. The van der Waals surface area contributed by atoms with Crippen LogP contribution in [0.3, 0.4) is 0 Å². The van der Waals surface area contributed by atoms with Gasteiger partial charge in [-0.2, -0.15) is 35.9 Å². The number of aromatic hydroxyl groups is 1. The molecule has 1 saturated heterocycles. The fourth-order valence-electron chi connectivity index (χ4n) is 6.01. The Morgan fingerprint density at radius 2 is 1.43 bits per heavy atom. The van der Waals surface area contributed by atoms with E-state index in [1.165, 1.54) is 47.9 Å². The zero-order valence-electron chi connectivity index (χ0n) is 25.0. The van der Waals surface area contributed by atoms with Crippen LogP contribution in [-0.2, 0) is 23.5 Å². The Kier molecular flexibility index (Phi) is 12.0. The van der Waals surface area contributed by atoms with E-state index in [1.54, 1.807) is 0 Å². The second-order valence-electron chi connectivity index (χ2n) is 11.5. The molecule has 1 heterocycles. The van der Waals surface area contributed by atoms with Crippen molar-refractivity contribution in [2.45, 2.75) is 45.1 Å². The number of phenolic OH excluding ortho intramolecular Hbond substituents is 1. The largest absolute Gasteiger partial charge is 2.00 e. The van der Waals surface area contributed by atoms with Crippen molar-refractivity contribution in [3.05, 3.63) is 138 Å². The topological polar surface area (TPSA) is 26.7 Å². The molecule has 1 aliphatic rings. The molecule has 1 aliphatic heterocycles. The van der Waals surface area contributed by atoms with E-state index in [9.17, 15) is 5.11 Å². The van der Waals surface area contributed by atoms with Crippen LogP contribution in [-0.4, -0.2) is 47.6 Å². The summed E-state index contributed by atoms with van der Waals surface area (Å²) in [6.07, 6.45) is 3.68. The van der Waals surface area contributed by atoms with Gasteiger partial charge in [0.2, 0.25) is 0 Å². The molecule has 0 bridgehead atoms. The average Bonchev–Trinajstić information content (AvgIpc) is 3.76. The monoisotopic (exact) mass is 600 g/mol. The number of benzene rings is 3. The molecule has 5 aromatic carbocycles. The Labute approximate surface area is 263 Å². The van der Waals surface area contributed by atoms with E-state index in [0.29, 0.717) is 11.7 Å². The Balaban J connectivity index is 0.000000612. The molecule has 0 saturated carbocycles. The third-order valence-electron chi connectivity index (χ3n) is 8.39. The molecule has 1 fully saturated rings. The second kappa shape index (κ2) is 15.9. The smallest absolute Gasteiger partial charge is 0.508 e. The van der Waals surface area contributed by atoms with Crippen molar-refractivity contribution in [2.24, 2.45) is 0 Å². The molecule has 4 heteroatoms. The zero-order chi connectivity index (χ0) is 28.4. The Morgan fingerprint density at radius 1 is 0.762 bits per heavy atom. The van der Waals surface area contributed by atoms with Gasteiger partial charge in [0.15, 0.2) is 0 Å². The SMILES string of the molecule is CC(C)c1ccc(C(c2c(O)ccc3ccccc23)N2CCN(CCCC[c-]3cccc3)CC2)cc1.[Fe+2].c1cc[cH-]c1. The molecule has 6 rings (SSSR count). The van der Waals surface area contributed by atoms with Crippen LogP contribution in [0.4, 0.5) is 0 Å². The van der Waals surface area contributed by atoms with Crippen LogP contribution in [0.5, 0.6) is 5.75 Å². The van der Waals surface area contributed by atoms with E-state index in [4.69, 9.17) is 0 Å². The third kappa shape index (κ3) is 8.24. The van der Waals surface area contributed by atoms with Crippen molar-refractivity contribution < 1.29 is 22.2 Å². The van der Waals surface area contributed by atoms with Crippen LogP contribution in [0, 0.1) is 0 Å². The molecule has 0 aromatic heterocycles. The first-order chi connectivity index (χ1) is 20.1. The number of unbranched alkanes of at least 4 members (excludes halogenated alkanes) is 1. The first-order valence-corrected chi connectivity index (χ1v) is 15.2. The van der Waals surface area contributed by atoms with Gasteiger partial charge in [0, 0.05) is 31.7 Å². The summed E-state index contributed by atoms with van der Waals surface area (Å²) in [6.45, 7) is 9.79. The van der Waals surface area contributed by atoms with Gasteiger partial charge in [-0.15, -0.1) is 0 Å². The maximum atomic E-state index is 11.2. The van der Waals surface area contributed by atoms with Crippen LogP contribution in [0.2, 0.25) is 0 Å². The third-order valence-corrected chi connectivity index (χ3v) is 8.39. The zero-order valence-corrected chi connectivity index (χ0v) is 26.1. The summed E-state index contributed by atoms with van der Waals surface area (Å²) in [5.74, 6) is 0.896. The minimum absolute atomic E-state index is 0. The molecule has 3 nitrogen and oxygen atoms in total. The van der Waals surface area contributed by atoms with Gasteiger partial charge in [0.1, 0.15) is 5.75 Å². The van der Waals surface area contributed by atoms with Crippen molar-refractivity contribution >= 4 is 10.8 Å². The van der Waals surface area contributed by atoms with Crippen LogP contribution >= 0.6 is 0 Å². The number of rotatable bonds is 9. The Morgan fingerprint density at radius 3 is 2.07 bits per heavy atom. The van der Waals surface area contributed by atoms with Crippen molar-refractivity contribution in [2.75, 3.05) is 32.7 Å². The first kappa shape index (κ1) is 31.8. The normalized spacial score (nSPS) is 14.7. The first-order valence-electron chi connectivity index (χ1n) is 15.2. The molecule has 42 heavy (non-hydrogen) atoms. The number of nitrogens with zero attached hydrogens (tertiary/aromatic N) is 2. The summed E-state index contributed by atoms with van der Waals surface area (Å²) in [7, 11) is 0. The van der Waals surface area contributed by atoms with Gasteiger partial charge in [0.25, 0.3) is 0 Å². The standard InChI is InChI=1S/C33H39N2O.C5H5.Fe/c1-25(2)27-14-16-29(17-15-27)33(32-30-13-6-5-12-28(30)18-19-31(32)36)35-23-21-34(22-24-35)20-8-7-11-26-9-3-4-10-26;1-2-4-5-3-1;/h3-6,9-10,12-19,25,33,36H,7-8,11,20-24H2,1-2H3;1-5H;/q2*-1;+2. The average molecular weight is 601 g/mol. The van der Waals surface area contributed by atoms with E-state index >= 15 is 0 Å². The van der Waals surface area contributed by atoms with Crippen LogP contribution < -0.4 is 0 Å². The van der Waals surface area contributed by atoms with Crippen LogP contribution in [0.1, 0.15) is 60.9 Å². The molecular weight excluding hydrogens is 556 g/mol. The molecule has 0 amide bonds. The minimum Gasteiger partial charge on any atom is -0.508 e. The number of phenols is 1. The Hall–Kier alpha value is -3.14. The van der Waals surface area contributed by atoms with Crippen LogP contribution in [0.25, 0.3) is 10.8 Å². The Bertz CT molecular complexity index is 1420. The van der Waals surface area contributed by atoms with Gasteiger partial charge < -0.3 is 10.0 Å². The predicted molar refractivity (Wildman–Crippen MR) is 173 cm³/mol. The molecule has 0 aliphatic carbocycles. The van der Waals surface area contributed by atoms with Crippen molar-refractivity contribution in [1.82, 2.24) is 9.80 Å². The molecule has 5 aromatic rings. The van der Waals surface area contributed by atoms with Gasteiger partial charge in [-0.25, -0.2) is 24.3 Å². The maximum Gasteiger partial charge on any atom is 2.00 e. The summed E-state index contributed by atoms with van der Waals surface area (Å²) < 4.78 is 0. The number of fused-ring (bicyclic) bond motifs is 1. The summed E-state index contributed by atoms with van der Waals surface area (Å²) in [6, 6.07) is 40.2. The van der Waals surface area contributed by atoms with Gasteiger partial charge in [-0.3, -0.25) is 4.90 Å². The summed E-state index contributed by atoms with van der Waals surface area (Å²) in [5, 5.41) is 13.5. The minimum atomic E-state index is 0. The summed E-state index contributed by atoms with van der Waals surface area (Å²) >= 11 is 0. The number of piperazine rings is 1. The summed E-state index contributed by atoms with van der Waals surface area (Å²) in [4.78, 5) is 5.19. The molecule has 220 valence electrons. The van der Waals surface area contributed by atoms with E-state index in [1.807, 2.05) is 42.5 Å². The molecule has 1 atom stereocenters. The molecule has 0 spiro atoms. The molecular formula is C38H44FeN2O. The molecule has 0 radical (unpaired) electrons. The quantitative estimate of drug-likeness (QED) is 0.104. The fourth-order valence-corrected chi connectivity index (χ4v) is 6.01. The van der Waals surface area contributed by atoms with Gasteiger partial charge in [-0.1, -0.05) is 81.3 Å². The number of hydrogen-bond acceptors (Lipinski definition) is 3. The van der Waals surface area contributed by atoms with Gasteiger partial charge in [-0.05, 0) is 46.8 Å². The maximum absolute atomic E-state index is 11.2. The number of aryl methyl sites for hydroxylation is 1. The number of hydrogen-bond donors (Lipinski definition) is 1. The van der Waals surface area contributed by atoms with Crippen LogP contribution in [0.15, 0.2) is 115 Å². The molecule has 1 unspecified atom stereocenters. The predicted octanol–water partition coefficient (Wildman–Crippen LogP) is 8.52.